The fourth-order valence-electron chi connectivity index (χ4n) is 4.04. The molecule has 2 aliphatic heterocycles. The van der Waals surface area contributed by atoms with Crippen LogP contribution in [0.15, 0.2) is 6.07 Å². The molecule has 4 nitrogen and oxygen atoms in total. The van der Waals surface area contributed by atoms with Crippen LogP contribution in [0.3, 0.4) is 0 Å². The third-order valence-corrected chi connectivity index (χ3v) is 5.12. The van der Waals surface area contributed by atoms with Gasteiger partial charge in [-0.15, -0.1) is 0 Å². The number of nitriles is 1. The lowest BCUT2D eigenvalue weighted by Crippen LogP contribution is -2.35. The molecule has 1 N–H and O–H groups in total. The van der Waals surface area contributed by atoms with Crippen molar-refractivity contribution in [3.8, 4) is 6.07 Å². The first kappa shape index (κ1) is 12.2. The molecule has 4 rings (SSSR count). The van der Waals surface area contributed by atoms with Crippen LogP contribution < -0.4 is 10.2 Å². The lowest BCUT2D eigenvalue weighted by Gasteiger charge is -2.27. The summed E-state index contributed by atoms with van der Waals surface area (Å²) >= 11 is 0. The minimum Gasteiger partial charge on any atom is -0.351 e. The molecule has 0 unspecified atom stereocenters. The van der Waals surface area contributed by atoms with Crippen LogP contribution in [0.5, 0.6) is 0 Å². The number of pyridine rings is 1. The molecule has 2 atom stereocenters. The van der Waals surface area contributed by atoms with Crippen molar-refractivity contribution in [1.29, 1.82) is 5.26 Å². The van der Waals surface area contributed by atoms with E-state index < -0.39 is 0 Å². The van der Waals surface area contributed by atoms with E-state index in [1.807, 2.05) is 0 Å². The van der Waals surface area contributed by atoms with E-state index in [4.69, 9.17) is 4.98 Å². The molecule has 0 bridgehead atoms. The molecule has 1 aromatic rings. The van der Waals surface area contributed by atoms with Gasteiger partial charge < -0.3 is 10.2 Å². The summed E-state index contributed by atoms with van der Waals surface area (Å²) in [6.07, 6.45) is 5.86. The molecule has 0 amide bonds. The summed E-state index contributed by atoms with van der Waals surface area (Å²) in [5.74, 6) is 1.68. The van der Waals surface area contributed by atoms with Crippen molar-refractivity contribution in [2.75, 3.05) is 24.5 Å². The van der Waals surface area contributed by atoms with Gasteiger partial charge in [0.15, 0.2) is 0 Å². The highest BCUT2D eigenvalue weighted by molar-refractivity contribution is 5.58. The molecule has 2 saturated heterocycles. The third-order valence-electron chi connectivity index (χ3n) is 5.12. The summed E-state index contributed by atoms with van der Waals surface area (Å²) in [4.78, 5) is 7.29. The van der Waals surface area contributed by atoms with Crippen LogP contribution in [-0.2, 0) is 12.8 Å². The van der Waals surface area contributed by atoms with Gasteiger partial charge in [0.1, 0.15) is 11.9 Å². The smallest absolute Gasteiger partial charge is 0.147 e. The van der Waals surface area contributed by atoms with Gasteiger partial charge in [-0.25, -0.2) is 4.98 Å². The summed E-state index contributed by atoms with van der Waals surface area (Å²) in [6.45, 7) is 3.21. The second kappa shape index (κ2) is 4.75. The molecular weight excluding hydrogens is 248 g/mol. The molecule has 20 heavy (non-hydrogen) atoms. The Morgan fingerprint density at radius 3 is 3.10 bits per heavy atom. The van der Waals surface area contributed by atoms with Gasteiger partial charge in [-0.2, -0.15) is 5.26 Å². The molecule has 0 radical (unpaired) electrons. The minimum atomic E-state index is 0.538. The summed E-state index contributed by atoms with van der Waals surface area (Å²) in [5.41, 5.74) is 3.31. The number of hydrogen-bond donors (Lipinski definition) is 1. The van der Waals surface area contributed by atoms with Crippen molar-refractivity contribution in [1.82, 2.24) is 10.3 Å². The van der Waals surface area contributed by atoms with E-state index in [0.717, 1.165) is 49.8 Å². The predicted molar refractivity (Wildman–Crippen MR) is 77.7 cm³/mol. The number of rotatable bonds is 1. The van der Waals surface area contributed by atoms with Gasteiger partial charge in [-0.3, -0.25) is 0 Å². The zero-order valence-electron chi connectivity index (χ0n) is 11.7. The van der Waals surface area contributed by atoms with Crippen LogP contribution in [0.4, 0.5) is 5.82 Å². The first-order valence-electron chi connectivity index (χ1n) is 7.77. The fourth-order valence-corrected chi connectivity index (χ4v) is 4.04. The van der Waals surface area contributed by atoms with E-state index >= 15 is 0 Å². The van der Waals surface area contributed by atoms with Crippen LogP contribution in [0.2, 0.25) is 0 Å². The first-order chi connectivity index (χ1) is 9.86. The van der Waals surface area contributed by atoms with Gasteiger partial charge in [-0.05, 0) is 49.7 Å². The number of anilines is 1. The SMILES string of the molecule is N#Cc1cc2c(nc1N1CC[C@H]3CNC[C@H]31)CCCC2. The monoisotopic (exact) mass is 268 g/mol. The van der Waals surface area contributed by atoms with Crippen LogP contribution in [0, 0.1) is 17.2 Å². The zero-order valence-corrected chi connectivity index (χ0v) is 11.7. The van der Waals surface area contributed by atoms with Gasteiger partial charge in [0.2, 0.25) is 0 Å². The minimum absolute atomic E-state index is 0.538. The Morgan fingerprint density at radius 1 is 1.30 bits per heavy atom. The average Bonchev–Trinajstić information content (AvgIpc) is 3.08. The summed E-state index contributed by atoms with van der Waals surface area (Å²) in [5, 5.41) is 13.0. The molecule has 1 aromatic heterocycles. The summed E-state index contributed by atoms with van der Waals surface area (Å²) in [6, 6.07) is 5.02. The van der Waals surface area contributed by atoms with Crippen molar-refractivity contribution in [3.63, 3.8) is 0 Å². The molecule has 3 heterocycles. The van der Waals surface area contributed by atoms with Gasteiger partial charge in [0.25, 0.3) is 0 Å². The Balaban J connectivity index is 1.75. The third kappa shape index (κ3) is 1.81. The fraction of sp³-hybridized carbons (Fsp3) is 0.625. The quantitative estimate of drug-likeness (QED) is 0.841. The van der Waals surface area contributed by atoms with Gasteiger partial charge in [0.05, 0.1) is 5.56 Å². The van der Waals surface area contributed by atoms with Crippen molar-refractivity contribution in [3.05, 3.63) is 22.9 Å². The number of hydrogen-bond acceptors (Lipinski definition) is 4. The van der Waals surface area contributed by atoms with Crippen molar-refractivity contribution < 1.29 is 0 Å². The Labute approximate surface area is 119 Å². The molecule has 3 aliphatic rings. The number of aromatic nitrogens is 1. The zero-order chi connectivity index (χ0) is 13.5. The van der Waals surface area contributed by atoms with Gasteiger partial charge >= 0.3 is 0 Å². The second-order valence-electron chi connectivity index (χ2n) is 6.25. The number of fused-ring (bicyclic) bond motifs is 2. The second-order valence-corrected chi connectivity index (χ2v) is 6.25. The molecule has 104 valence electrons. The highest BCUT2D eigenvalue weighted by atomic mass is 15.3. The average molecular weight is 268 g/mol. The summed E-state index contributed by atoms with van der Waals surface area (Å²) in [7, 11) is 0. The molecule has 2 fully saturated rings. The molecular formula is C16H20N4. The molecule has 4 heteroatoms. The van der Waals surface area contributed by atoms with Crippen LogP contribution >= 0.6 is 0 Å². The normalized spacial score (nSPS) is 28.1. The lowest BCUT2D eigenvalue weighted by atomic mass is 9.94. The van der Waals surface area contributed by atoms with E-state index in [0.29, 0.717) is 6.04 Å². The topological polar surface area (TPSA) is 52.0 Å². The van der Waals surface area contributed by atoms with Crippen molar-refractivity contribution in [2.24, 2.45) is 5.92 Å². The largest absolute Gasteiger partial charge is 0.351 e. The van der Waals surface area contributed by atoms with Crippen LogP contribution in [-0.4, -0.2) is 30.7 Å². The Morgan fingerprint density at radius 2 is 2.20 bits per heavy atom. The van der Waals surface area contributed by atoms with E-state index in [9.17, 15) is 5.26 Å². The molecule has 0 saturated carbocycles. The molecule has 0 aromatic carbocycles. The number of aryl methyl sites for hydroxylation is 2. The highest BCUT2D eigenvalue weighted by Gasteiger charge is 2.39. The maximum atomic E-state index is 9.49. The van der Waals surface area contributed by atoms with E-state index in [-0.39, 0.29) is 0 Å². The number of nitrogens with one attached hydrogen (secondary N) is 1. The van der Waals surface area contributed by atoms with Gasteiger partial charge in [-0.1, -0.05) is 0 Å². The first-order valence-corrected chi connectivity index (χ1v) is 7.77. The Bertz CT molecular complexity index is 575. The Kier molecular flexibility index (Phi) is 2.89. The summed E-state index contributed by atoms with van der Waals surface area (Å²) < 4.78 is 0. The van der Waals surface area contributed by atoms with Crippen LogP contribution in [0.25, 0.3) is 0 Å². The van der Waals surface area contributed by atoms with Crippen molar-refractivity contribution in [2.45, 2.75) is 38.1 Å². The van der Waals surface area contributed by atoms with E-state index in [1.54, 1.807) is 0 Å². The predicted octanol–water partition coefficient (Wildman–Crippen LogP) is 1.63. The van der Waals surface area contributed by atoms with E-state index in [1.165, 1.54) is 30.5 Å². The number of nitrogens with zero attached hydrogens (tertiary/aromatic N) is 3. The van der Waals surface area contributed by atoms with Crippen molar-refractivity contribution >= 4 is 5.82 Å². The molecule has 1 aliphatic carbocycles. The maximum Gasteiger partial charge on any atom is 0.147 e. The Hall–Kier alpha value is -1.60. The highest BCUT2D eigenvalue weighted by Crippen LogP contribution is 2.34. The van der Waals surface area contributed by atoms with E-state index in [2.05, 4.69) is 22.4 Å². The maximum absolute atomic E-state index is 9.49. The molecule has 0 spiro atoms. The lowest BCUT2D eigenvalue weighted by molar-refractivity contribution is 0.576. The van der Waals surface area contributed by atoms with Crippen LogP contribution in [0.1, 0.15) is 36.1 Å². The van der Waals surface area contributed by atoms with Gasteiger partial charge in [0, 0.05) is 31.4 Å². The standard InChI is InChI=1S/C16H20N4/c17-8-13-7-11-3-1-2-4-14(11)19-16(13)20-6-5-12-9-18-10-15(12)20/h7,12,15,18H,1-6,9-10H2/t12-,15+/m0/s1.